The number of allylic oxidation sites excluding steroid dienone is 6. The van der Waals surface area contributed by atoms with Crippen molar-refractivity contribution in [1.82, 2.24) is 5.32 Å². The smallest absolute Gasteiger partial charge is 0.0832 e. The van der Waals surface area contributed by atoms with E-state index in [1.54, 1.807) is 0 Å². The van der Waals surface area contributed by atoms with E-state index in [1.807, 2.05) is 34.7 Å². The van der Waals surface area contributed by atoms with E-state index in [0.717, 1.165) is 30.6 Å². The lowest BCUT2D eigenvalue weighted by atomic mass is 9.91. The maximum absolute atomic E-state index is 3.63. The molecule has 0 aromatic heterocycles. The van der Waals surface area contributed by atoms with E-state index in [1.165, 1.54) is 45.0 Å². The third-order valence-corrected chi connectivity index (χ3v) is 9.71. The second-order valence-corrected chi connectivity index (χ2v) is 12.5. The minimum atomic E-state index is -0.272. The third kappa shape index (κ3) is 7.98. The van der Waals surface area contributed by atoms with Crippen molar-refractivity contribution < 1.29 is 0 Å². The lowest BCUT2D eigenvalue weighted by Crippen LogP contribution is -2.38. The van der Waals surface area contributed by atoms with Gasteiger partial charge in [0.2, 0.25) is 0 Å². The molecule has 1 heterocycles. The number of hydrogen-bond acceptors (Lipinski definition) is 4. The van der Waals surface area contributed by atoms with E-state index in [-0.39, 0.29) is 5.54 Å². The quantitative estimate of drug-likeness (QED) is 0.176. The van der Waals surface area contributed by atoms with Crippen LogP contribution in [-0.2, 0) is 5.54 Å². The molecule has 0 amide bonds. The predicted octanol–water partition coefficient (Wildman–Crippen LogP) is 12.1. The van der Waals surface area contributed by atoms with Crippen LogP contribution >= 0.6 is 0 Å². The van der Waals surface area contributed by atoms with Crippen molar-refractivity contribution in [3.63, 3.8) is 0 Å². The summed E-state index contributed by atoms with van der Waals surface area (Å²) in [6.07, 6.45) is 12.4. The Kier molecular flexibility index (Phi) is 13.9. The molecule has 2 aliphatic rings. The van der Waals surface area contributed by atoms with Gasteiger partial charge in [0, 0.05) is 48.1 Å². The van der Waals surface area contributed by atoms with Gasteiger partial charge in [0.1, 0.15) is 0 Å². The van der Waals surface area contributed by atoms with Gasteiger partial charge in [-0.25, -0.2) is 0 Å². The maximum Gasteiger partial charge on any atom is 0.0832 e. The summed E-state index contributed by atoms with van der Waals surface area (Å²) in [5, 5.41) is 7.00. The van der Waals surface area contributed by atoms with Crippen LogP contribution < -0.4 is 20.4 Å². The van der Waals surface area contributed by atoms with Crippen molar-refractivity contribution in [2.45, 2.75) is 72.3 Å². The summed E-state index contributed by atoms with van der Waals surface area (Å²) in [6.45, 7) is 12.6. The molecule has 1 aliphatic heterocycles. The standard InChI is InChI=1S/C42H46N4.2C2H6/c1-31(36-23-12-14-25-38(36)43-3)17-16-18-32-27-28-33(29-30-40-42(2,44-4)37-24-13-15-26-39(37)45(40)5)41(32)46(34-19-8-6-9-20-34)35-21-10-7-11-22-35;2*1-2/h6-16,18-26,29-31,43-44H,17,27-28H2,1-5H3;2*1-2H3/b18-16+,33-29+,40-30+;;. The van der Waals surface area contributed by atoms with E-state index in [0.29, 0.717) is 5.92 Å². The highest BCUT2D eigenvalue weighted by atomic mass is 15.2. The molecule has 2 unspecified atom stereocenters. The van der Waals surface area contributed by atoms with Crippen LogP contribution in [0.3, 0.4) is 0 Å². The number of hydrogen-bond donors (Lipinski definition) is 2. The van der Waals surface area contributed by atoms with Gasteiger partial charge in [-0.1, -0.05) is 126 Å². The fourth-order valence-electron chi connectivity index (χ4n) is 7.09. The molecule has 0 saturated carbocycles. The van der Waals surface area contributed by atoms with Gasteiger partial charge in [0.15, 0.2) is 0 Å². The van der Waals surface area contributed by atoms with E-state index in [2.05, 4.69) is 182 Å². The number of likely N-dealkylation sites (N-methyl/N-ethyl adjacent to an activating group) is 2. The molecule has 0 bridgehead atoms. The summed E-state index contributed by atoms with van der Waals surface area (Å²) in [4.78, 5) is 4.78. The molecule has 4 aromatic carbocycles. The van der Waals surface area contributed by atoms with E-state index in [4.69, 9.17) is 0 Å². The Balaban J connectivity index is 0.00000136. The Morgan fingerprint density at radius 3 is 1.96 bits per heavy atom. The number of rotatable bonds is 10. The SMILES string of the molecule is CC.CC.CNc1ccccc1C(C)C/C=C/C1=C(N(c2ccccc2)c2ccccc2)C(=C/C=C2/N(C)c3ccccc3C2(C)NC)/CC1. The number of benzene rings is 4. The summed E-state index contributed by atoms with van der Waals surface area (Å²) in [5.74, 6) is 0.406. The largest absolute Gasteiger partial charge is 0.388 e. The first-order chi connectivity index (χ1) is 24.5. The van der Waals surface area contributed by atoms with Gasteiger partial charge in [-0.2, -0.15) is 0 Å². The van der Waals surface area contributed by atoms with Crippen LogP contribution in [0.1, 0.15) is 77.8 Å². The zero-order valence-electron chi connectivity index (χ0n) is 31.8. The van der Waals surface area contributed by atoms with Crippen LogP contribution in [0.4, 0.5) is 22.7 Å². The molecule has 4 heteroatoms. The minimum absolute atomic E-state index is 0.272. The van der Waals surface area contributed by atoms with Crippen molar-refractivity contribution in [3.8, 4) is 0 Å². The lowest BCUT2D eigenvalue weighted by molar-refractivity contribution is 0.485. The van der Waals surface area contributed by atoms with E-state index < -0.39 is 0 Å². The molecule has 0 fully saturated rings. The molecule has 0 radical (unpaired) electrons. The second-order valence-electron chi connectivity index (χ2n) is 12.5. The molecule has 6 rings (SSSR count). The first-order valence-electron chi connectivity index (χ1n) is 18.5. The maximum atomic E-state index is 3.63. The predicted molar refractivity (Wildman–Crippen MR) is 220 cm³/mol. The molecule has 2 N–H and O–H groups in total. The summed E-state index contributed by atoms with van der Waals surface area (Å²) < 4.78 is 0. The highest BCUT2D eigenvalue weighted by Crippen LogP contribution is 2.46. The van der Waals surface area contributed by atoms with Crippen LogP contribution in [0.15, 0.2) is 156 Å². The molecular formula is C46H58N4. The van der Waals surface area contributed by atoms with Crippen LogP contribution in [0, 0.1) is 0 Å². The van der Waals surface area contributed by atoms with Crippen molar-refractivity contribution in [2.24, 2.45) is 0 Å². The molecule has 0 saturated heterocycles. The number of para-hydroxylation sites is 4. The average Bonchev–Trinajstić information content (AvgIpc) is 3.67. The van der Waals surface area contributed by atoms with Crippen LogP contribution in [0.2, 0.25) is 0 Å². The van der Waals surface area contributed by atoms with Crippen molar-refractivity contribution in [2.75, 3.05) is 36.3 Å². The zero-order chi connectivity index (χ0) is 36.1. The molecule has 2 atom stereocenters. The van der Waals surface area contributed by atoms with Gasteiger partial charge in [-0.05, 0) is 98.3 Å². The van der Waals surface area contributed by atoms with Gasteiger partial charge < -0.3 is 20.4 Å². The Hall–Kier alpha value is -4.80. The molecule has 50 heavy (non-hydrogen) atoms. The number of nitrogens with one attached hydrogen (secondary N) is 2. The van der Waals surface area contributed by atoms with Crippen molar-refractivity contribution in [3.05, 3.63) is 167 Å². The van der Waals surface area contributed by atoms with Crippen LogP contribution in [0.5, 0.6) is 0 Å². The fourth-order valence-corrected chi connectivity index (χ4v) is 7.09. The minimum Gasteiger partial charge on any atom is -0.388 e. The van der Waals surface area contributed by atoms with Gasteiger partial charge in [-0.15, -0.1) is 0 Å². The third-order valence-electron chi connectivity index (χ3n) is 9.71. The lowest BCUT2D eigenvalue weighted by Gasteiger charge is -2.29. The van der Waals surface area contributed by atoms with Crippen LogP contribution in [0.25, 0.3) is 0 Å². The molecule has 262 valence electrons. The fraction of sp³-hybridized carbons (Fsp3) is 0.304. The monoisotopic (exact) mass is 666 g/mol. The van der Waals surface area contributed by atoms with E-state index in [9.17, 15) is 0 Å². The summed E-state index contributed by atoms with van der Waals surface area (Å²) >= 11 is 0. The summed E-state index contributed by atoms with van der Waals surface area (Å²) in [6, 6.07) is 38.9. The molecular weight excluding hydrogens is 609 g/mol. The van der Waals surface area contributed by atoms with E-state index >= 15 is 0 Å². The van der Waals surface area contributed by atoms with Crippen molar-refractivity contribution in [1.29, 1.82) is 0 Å². The zero-order valence-corrected chi connectivity index (χ0v) is 31.8. The average molecular weight is 667 g/mol. The highest BCUT2D eigenvalue weighted by Gasteiger charge is 2.40. The first-order valence-corrected chi connectivity index (χ1v) is 18.5. The number of nitrogens with zero attached hydrogens (tertiary/aromatic N) is 2. The normalized spacial score (nSPS) is 18.8. The second kappa shape index (κ2) is 18.3. The molecule has 1 aliphatic carbocycles. The number of anilines is 4. The summed E-state index contributed by atoms with van der Waals surface area (Å²) in [5.41, 5.74) is 12.4. The Bertz CT molecular complexity index is 1740. The topological polar surface area (TPSA) is 30.5 Å². The van der Waals surface area contributed by atoms with Gasteiger partial charge in [0.25, 0.3) is 0 Å². The molecule has 4 aromatic rings. The van der Waals surface area contributed by atoms with Crippen molar-refractivity contribution >= 4 is 22.7 Å². The molecule has 4 nitrogen and oxygen atoms in total. The molecule has 0 spiro atoms. The van der Waals surface area contributed by atoms with Gasteiger partial charge >= 0.3 is 0 Å². The Morgan fingerprint density at radius 2 is 1.34 bits per heavy atom. The number of fused-ring (bicyclic) bond motifs is 1. The van der Waals surface area contributed by atoms with Gasteiger partial charge in [-0.3, -0.25) is 0 Å². The Labute approximate surface area is 302 Å². The van der Waals surface area contributed by atoms with Gasteiger partial charge in [0.05, 0.1) is 11.2 Å². The first kappa shape index (κ1) is 38.0. The Morgan fingerprint density at radius 1 is 0.760 bits per heavy atom. The summed E-state index contributed by atoms with van der Waals surface area (Å²) in [7, 11) is 6.24. The highest BCUT2D eigenvalue weighted by molar-refractivity contribution is 5.75. The van der Waals surface area contributed by atoms with Crippen LogP contribution in [-0.4, -0.2) is 21.1 Å².